The van der Waals surface area contributed by atoms with Crippen molar-refractivity contribution < 1.29 is 4.92 Å². The molecule has 0 radical (unpaired) electrons. The minimum absolute atomic E-state index is 0.0323. The Balaban J connectivity index is 2.04. The maximum absolute atomic E-state index is 11.0. The van der Waals surface area contributed by atoms with Crippen LogP contribution in [0, 0.1) is 35.3 Å². The molecule has 6 nitrogen and oxygen atoms in total. The Bertz CT molecular complexity index is 1130. The molecule has 146 valence electrons. The zero-order valence-electron chi connectivity index (χ0n) is 16.9. The molecule has 3 aromatic rings. The Hall–Kier alpha value is -3.85. The molecule has 29 heavy (non-hydrogen) atoms. The molecule has 0 bridgehead atoms. The van der Waals surface area contributed by atoms with Crippen LogP contribution in [-0.4, -0.2) is 23.6 Å². The quantitative estimate of drug-likeness (QED) is 0.346. The minimum atomic E-state index is -0.457. The van der Waals surface area contributed by atoms with Gasteiger partial charge in [0.15, 0.2) is 0 Å². The van der Waals surface area contributed by atoms with Crippen LogP contribution in [0.25, 0.3) is 17.3 Å². The van der Waals surface area contributed by atoms with Crippen molar-refractivity contribution in [2.45, 2.75) is 13.8 Å². The topological polar surface area (TPSA) is 75.1 Å². The Morgan fingerprint density at radius 3 is 2.41 bits per heavy atom. The number of nitriles is 1. The van der Waals surface area contributed by atoms with Gasteiger partial charge in [0.05, 0.1) is 16.6 Å². The van der Waals surface area contributed by atoms with E-state index in [1.165, 1.54) is 12.1 Å². The highest BCUT2D eigenvalue weighted by atomic mass is 16.6. The number of nitro groups is 1. The van der Waals surface area contributed by atoms with Crippen LogP contribution in [0.1, 0.15) is 22.5 Å². The first-order valence-electron chi connectivity index (χ1n) is 9.15. The van der Waals surface area contributed by atoms with Gasteiger partial charge in [-0.3, -0.25) is 10.1 Å². The molecule has 0 aliphatic heterocycles. The van der Waals surface area contributed by atoms with Gasteiger partial charge in [0.25, 0.3) is 5.69 Å². The number of nitrogens with zero attached hydrogens (tertiary/aromatic N) is 4. The average Bonchev–Trinajstić information content (AvgIpc) is 2.99. The maximum atomic E-state index is 11.0. The van der Waals surface area contributed by atoms with Crippen molar-refractivity contribution in [3.63, 3.8) is 0 Å². The molecule has 0 saturated heterocycles. The molecule has 1 heterocycles. The summed E-state index contributed by atoms with van der Waals surface area (Å²) >= 11 is 0. The Kier molecular flexibility index (Phi) is 5.51. The molecule has 0 aliphatic carbocycles. The molecule has 3 rings (SSSR count). The van der Waals surface area contributed by atoms with Crippen molar-refractivity contribution >= 4 is 23.0 Å². The van der Waals surface area contributed by atoms with Gasteiger partial charge in [0.2, 0.25) is 0 Å². The standard InChI is InChI=1S/C23H22N4O2/c1-16-12-19(13-20(15-24)18-6-5-7-23(14-18)27(28)29)17(2)26(16)22-10-8-21(9-11-22)25(3)4/h5-14H,1-4H3/b20-13-. The minimum Gasteiger partial charge on any atom is -0.378 e. The van der Waals surface area contributed by atoms with Gasteiger partial charge in [0, 0.05) is 49.0 Å². The van der Waals surface area contributed by atoms with Crippen LogP contribution in [-0.2, 0) is 0 Å². The summed E-state index contributed by atoms with van der Waals surface area (Å²) in [5.41, 5.74) is 5.99. The second kappa shape index (κ2) is 8.03. The smallest absolute Gasteiger partial charge is 0.270 e. The van der Waals surface area contributed by atoms with Crippen LogP contribution in [0.4, 0.5) is 11.4 Å². The molecule has 2 aromatic carbocycles. The van der Waals surface area contributed by atoms with E-state index in [-0.39, 0.29) is 5.69 Å². The largest absolute Gasteiger partial charge is 0.378 e. The van der Waals surface area contributed by atoms with Crippen LogP contribution < -0.4 is 4.90 Å². The summed E-state index contributed by atoms with van der Waals surface area (Å²) in [6.45, 7) is 4.02. The molecular weight excluding hydrogens is 364 g/mol. The first kappa shape index (κ1) is 19.9. The van der Waals surface area contributed by atoms with Crippen LogP contribution in [0.3, 0.4) is 0 Å². The zero-order chi connectivity index (χ0) is 21.1. The summed E-state index contributed by atoms with van der Waals surface area (Å²) in [4.78, 5) is 12.6. The molecular formula is C23H22N4O2. The van der Waals surface area contributed by atoms with Gasteiger partial charge in [-0.25, -0.2) is 0 Å². The van der Waals surface area contributed by atoms with Crippen LogP contribution in [0.15, 0.2) is 54.6 Å². The van der Waals surface area contributed by atoms with E-state index in [0.717, 1.165) is 28.3 Å². The van der Waals surface area contributed by atoms with Crippen LogP contribution in [0.2, 0.25) is 0 Å². The van der Waals surface area contributed by atoms with E-state index in [1.807, 2.05) is 38.9 Å². The zero-order valence-corrected chi connectivity index (χ0v) is 16.9. The maximum Gasteiger partial charge on any atom is 0.270 e. The molecule has 0 aliphatic rings. The van der Waals surface area contributed by atoms with Gasteiger partial charge >= 0.3 is 0 Å². The number of anilines is 1. The van der Waals surface area contributed by atoms with Gasteiger partial charge < -0.3 is 9.47 Å². The summed E-state index contributed by atoms with van der Waals surface area (Å²) in [6, 6.07) is 18.6. The lowest BCUT2D eigenvalue weighted by atomic mass is 10.0. The lowest BCUT2D eigenvalue weighted by Gasteiger charge is -2.15. The molecule has 0 spiro atoms. The molecule has 0 amide bonds. The fourth-order valence-electron chi connectivity index (χ4n) is 3.35. The van der Waals surface area contributed by atoms with Crippen molar-refractivity contribution in [3.05, 3.63) is 87.2 Å². The summed E-state index contributed by atoms with van der Waals surface area (Å²) in [5, 5.41) is 20.7. The first-order valence-corrected chi connectivity index (χ1v) is 9.15. The van der Waals surface area contributed by atoms with E-state index in [4.69, 9.17) is 0 Å². The van der Waals surface area contributed by atoms with Gasteiger partial charge in [-0.1, -0.05) is 12.1 Å². The normalized spacial score (nSPS) is 11.2. The molecule has 0 atom stereocenters. The third kappa shape index (κ3) is 4.04. The number of aryl methyl sites for hydroxylation is 1. The molecule has 6 heteroatoms. The second-order valence-electron chi connectivity index (χ2n) is 7.05. The second-order valence-corrected chi connectivity index (χ2v) is 7.05. The first-order chi connectivity index (χ1) is 13.8. The predicted molar refractivity (Wildman–Crippen MR) is 116 cm³/mol. The van der Waals surface area contributed by atoms with Crippen molar-refractivity contribution in [1.29, 1.82) is 5.26 Å². The number of aromatic nitrogens is 1. The van der Waals surface area contributed by atoms with Gasteiger partial charge in [-0.05, 0) is 61.4 Å². The highest BCUT2D eigenvalue weighted by Gasteiger charge is 2.13. The molecule has 0 fully saturated rings. The molecule has 0 N–H and O–H groups in total. The highest BCUT2D eigenvalue weighted by Crippen LogP contribution is 2.27. The van der Waals surface area contributed by atoms with Gasteiger partial charge in [-0.2, -0.15) is 5.26 Å². The lowest BCUT2D eigenvalue weighted by molar-refractivity contribution is -0.384. The van der Waals surface area contributed by atoms with Crippen molar-refractivity contribution in [3.8, 4) is 11.8 Å². The third-order valence-electron chi connectivity index (χ3n) is 4.88. The van der Waals surface area contributed by atoms with Crippen LogP contribution >= 0.6 is 0 Å². The van der Waals surface area contributed by atoms with E-state index in [2.05, 4.69) is 34.9 Å². The summed E-state index contributed by atoms with van der Waals surface area (Å²) in [7, 11) is 4.00. The predicted octanol–water partition coefficient (Wildman–Crippen LogP) is 5.13. The van der Waals surface area contributed by atoms with E-state index in [1.54, 1.807) is 18.2 Å². The molecule has 0 saturated carbocycles. The number of nitro benzene ring substituents is 1. The Labute approximate surface area is 170 Å². The van der Waals surface area contributed by atoms with Crippen molar-refractivity contribution in [1.82, 2.24) is 4.57 Å². The fourth-order valence-corrected chi connectivity index (χ4v) is 3.35. The highest BCUT2D eigenvalue weighted by molar-refractivity contribution is 5.90. The molecule has 1 aromatic heterocycles. The average molecular weight is 386 g/mol. The van der Waals surface area contributed by atoms with Gasteiger partial charge in [0.1, 0.15) is 0 Å². The SMILES string of the molecule is Cc1cc(/C=C(/C#N)c2cccc([N+](=O)[O-])c2)c(C)n1-c1ccc(N(C)C)cc1. The summed E-state index contributed by atoms with van der Waals surface area (Å²) in [6.07, 6.45) is 1.78. The Morgan fingerprint density at radius 2 is 1.83 bits per heavy atom. The number of hydrogen-bond donors (Lipinski definition) is 0. The number of benzene rings is 2. The number of rotatable bonds is 5. The molecule has 0 unspecified atom stereocenters. The monoisotopic (exact) mass is 386 g/mol. The number of allylic oxidation sites excluding steroid dienone is 1. The van der Waals surface area contributed by atoms with Gasteiger partial charge in [-0.15, -0.1) is 0 Å². The third-order valence-corrected chi connectivity index (χ3v) is 4.88. The Morgan fingerprint density at radius 1 is 1.14 bits per heavy atom. The van der Waals surface area contributed by atoms with Crippen LogP contribution in [0.5, 0.6) is 0 Å². The summed E-state index contributed by atoms with van der Waals surface area (Å²) < 4.78 is 2.13. The van der Waals surface area contributed by atoms with E-state index in [0.29, 0.717) is 11.1 Å². The van der Waals surface area contributed by atoms with E-state index < -0.39 is 4.92 Å². The van der Waals surface area contributed by atoms with Crippen molar-refractivity contribution in [2.75, 3.05) is 19.0 Å². The summed E-state index contributed by atoms with van der Waals surface area (Å²) in [5.74, 6) is 0. The lowest BCUT2D eigenvalue weighted by Crippen LogP contribution is -2.08. The van der Waals surface area contributed by atoms with E-state index in [9.17, 15) is 15.4 Å². The number of non-ortho nitro benzene ring substituents is 1. The fraction of sp³-hybridized carbons (Fsp3) is 0.174. The van der Waals surface area contributed by atoms with E-state index >= 15 is 0 Å². The van der Waals surface area contributed by atoms with Crippen molar-refractivity contribution in [2.24, 2.45) is 0 Å². The number of hydrogen-bond acceptors (Lipinski definition) is 4.